The summed E-state index contributed by atoms with van der Waals surface area (Å²) in [5.41, 5.74) is 0.646. The van der Waals surface area contributed by atoms with Crippen LogP contribution in [0.4, 0.5) is 0 Å². The first-order valence-electron chi connectivity index (χ1n) is 10.5. The summed E-state index contributed by atoms with van der Waals surface area (Å²) in [7, 11) is 0. The molecule has 0 aromatic rings. The third kappa shape index (κ3) is 4.97. The van der Waals surface area contributed by atoms with Gasteiger partial charge < -0.3 is 10.1 Å². The summed E-state index contributed by atoms with van der Waals surface area (Å²) in [6.45, 7) is 2.68. The van der Waals surface area contributed by atoms with Crippen molar-refractivity contribution in [3.63, 3.8) is 0 Å². The van der Waals surface area contributed by atoms with Gasteiger partial charge in [0.1, 0.15) is 6.61 Å². The summed E-state index contributed by atoms with van der Waals surface area (Å²) in [6.07, 6.45) is 19.2. The Hall–Kier alpha value is -0.570. The quantitative estimate of drug-likeness (QED) is 0.774. The van der Waals surface area contributed by atoms with Crippen molar-refractivity contribution in [1.82, 2.24) is 5.32 Å². The van der Waals surface area contributed by atoms with Gasteiger partial charge in [-0.05, 0) is 56.8 Å². The van der Waals surface area contributed by atoms with Crippen LogP contribution in [0.2, 0.25) is 0 Å². The maximum Gasteiger partial charge on any atom is 0.246 e. The van der Waals surface area contributed by atoms with Gasteiger partial charge in [-0.25, -0.2) is 0 Å². The number of rotatable bonds is 4. The number of hydrogen-bond donors (Lipinski definition) is 1. The van der Waals surface area contributed by atoms with Gasteiger partial charge in [-0.15, -0.1) is 0 Å². The van der Waals surface area contributed by atoms with Gasteiger partial charge in [-0.2, -0.15) is 0 Å². The van der Waals surface area contributed by atoms with Crippen LogP contribution >= 0.6 is 0 Å². The summed E-state index contributed by atoms with van der Waals surface area (Å²) in [5.74, 6) is 0.123. The molecule has 4 saturated carbocycles. The average Bonchev–Trinajstić information content (AvgIpc) is 2.60. The second kappa shape index (κ2) is 8.21. The van der Waals surface area contributed by atoms with E-state index in [4.69, 9.17) is 4.74 Å². The molecular formula is C21H37NO2. The zero-order chi connectivity index (χ0) is 16.9. The molecule has 0 unspecified atom stereocenters. The highest BCUT2D eigenvalue weighted by Crippen LogP contribution is 2.51. The zero-order valence-corrected chi connectivity index (χ0v) is 15.7. The van der Waals surface area contributed by atoms with E-state index in [0.717, 1.165) is 12.8 Å². The van der Waals surface area contributed by atoms with E-state index in [1.54, 1.807) is 0 Å². The third-order valence-electron chi connectivity index (χ3n) is 7.03. The minimum absolute atomic E-state index is 0.0918. The molecule has 4 aliphatic carbocycles. The van der Waals surface area contributed by atoms with Crippen LogP contribution in [0.5, 0.6) is 0 Å². The molecule has 1 N–H and O–H groups in total. The predicted molar refractivity (Wildman–Crippen MR) is 98.0 cm³/mol. The molecule has 3 heteroatoms. The molecule has 4 aliphatic rings. The highest BCUT2D eigenvalue weighted by Gasteiger charge is 2.46. The van der Waals surface area contributed by atoms with Gasteiger partial charge in [0.15, 0.2) is 0 Å². The average molecular weight is 336 g/mol. The lowest BCUT2D eigenvalue weighted by Gasteiger charge is -2.52. The second-order valence-corrected chi connectivity index (χ2v) is 9.12. The van der Waals surface area contributed by atoms with Crippen LogP contribution < -0.4 is 5.32 Å². The fraction of sp³-hybridized carbons (Fsp3) is 0.952. The van der Waals surface area contributed by atoms with Crippen molar-refractivity contribution in [2.45, 2.75) is 115 Å². The first-order chi connectivity index (χ1) is 11.6. The molecular weight excluding hydrogens is 298 g/mol. The Kier molecular flexibility index (Phi) is 6.23. The molecule has 0 spiro atoms. The Morgan fingerprint density at radius 2 is 1.38 bits per heavy atom. The zero-order valence-electron chi connectivity index (χ0n) is 15.7. The van der Waals surface area contributed by atoms with Crippen LogP contribution in [0, 0.1) is 5.41 Å². The minimum Gasteiger partial charge on any atom is -0.368 e. The van der Waals surface area contributed by atoms with Crippen LogP contribution in [0.3, 0.4) is 0 Å². The van der Waals surface area contributed by atoms with Crippen LogP contribution in [0.1, 0.15) is 103 Å². The lowest BCUT2D eigenvalue weighted by atomic mass is 9.58. The largest absolute Gasteiger partial charge is 0.368 e. The van der Waals surface area contributed by atoms with Gasteiger partial charge in [0.2, 0.25) is 5.91 Å². The number of nitrogens with one attached hydrogen (secondary N) is 1. The van der Waals surface area contributed by atoms with E-state index in [9.17, 15) is 4.79 Å². The highest BCUT2D eigenvalue weighted by molar-refractivity contribution is 5.78. The third-order valence-corrected chi connectivity index (χ3v) is 7.03. The Balaban J connectivity index is 1.41. The molecule has 0 aliphatic heterocycles. The number of carbonyl (C=O) groups is 1. The molecule has 4 rings (SSSR count). The van der Waals surface area contributed by atoms with Gasteiger partial charge in [-0.1, -0.05) is 51.9 Å². The fourth-order valence-corrected chi connectivity index (χ4v) is 5.02. The molecule has 4 fully saturated rings. The van der Waals surface area contributed by atoms with Crippen LogP contribution in [-0.2, 0) is 9.53 Å². The minimum atomic E-state index is 0.0918. The monoisotopic (exact) mass is 335 g/mol. The smallest absolute Gasteiger partial charge is 0.246 e. The van der Waals surface area contributed by atoms with Crippen molar-refractivity contribution < 1.29 is 9.53 Å². The second-order valence-electron chi connectivity index (χ2n) is 9.12. The Labute approximate surface area is 148 Å². The molecule has 138 valence electrons. The molecule has 2 bridgehead atoms. The van der Waals surface area contributed by atoms with Crippen molar-refractivity contribution in [3.05, 3.63) is 0 Å². The van der Waals surface area contributed by atoms with E-state index in [1.807, 2.05) is 0 Å². The maximum atomic E-state index is 12.5. The van der Waals surface area contributed by atoms with E-state index in [0.29, 0.717) is 11.5 Å². The number of carbonyl (C=O) groups excluding carboxylic acids is 1. The Morgan fingerprint density at radius 3 is 1.92 bits per heavy atom. The van der Waals surface area contributed by atoms with Crippen molar-refractivity contribution >= 4 is 5.91 Å². The van der Waals surface area contributed by atoms with E-state index in [1.165, 1.54) is 83.5 Å². The highest BCUT2D eigenvalue weighted by atomic mass is 16.5. The van der Waals surface area contributed by atoms with Gasteiger partial charge in [0.05, 0.1) is 6.10 Å². The maximum absolute atomic E-state index is 12.5. The van der Waals surface area contributed by atoms with Crippen molar-refractivity contribution in [2.24, 2.45) is 5.41 Å². The number of amides is 1. The summed E-state index contributed by atoms with van der Waals surface area (Å²) in [6, 6.07) is 0. The first kappa shape index (κ1) is 18.2. The molecule has 3 nitrogen and oxygen atoms in total. The number of hydrogen-bond acceptors (Lipinski definition) is 2. The summed E-state index contributed by atoms with van der Waals surface area (Å²) < 4.78 is 6.03. The van der Waals surface area contributed by atoms with Gasteiger partial charge >= 0.3 is 0 Å². The number of fused-ring (bicyclic) bond motifs is 3. The first-order valence-corrected chi connectivity index (χ1v) is 10.5. The summed E-state index contributed by atoms with van der Waals surface area (Å²) >= 11 is 0. The Morgan fingerprint density at radius 1 is 0.875 bits per heavy atom. The van der Waals surface area contributed by atoms with Crippen molar-refractivity contribution in [3.8, 4) is 0 Å². The summed E-state index contributed by atoms with van der Waals surface area (Å²) in [4.78, 5) is 12.5. The normalized spacial score (nSPS) is 35.5. The molecule has 0 radical (unpaired) electrons. The van der Waals surface area contributed by atoms with E-state index in [-0.39, 0.29) is 18.1 Å². The van der Waals surface area contributed by atoms with Gasteiger partial charge in [-0.3, -0.25) is 4.79 Å². The Bertz CT molecular complexity index is 386. The lowest BCUT2D eigenvalue weighted by Crippen LogP contribution is -2.56. The SMILES string of the molecule is CC12CCC(NC(=O)COC3CCCCCCCCC3)(CC1)CC2. The molecule has 0 aromatic heterocycles. The topological polar surface area (TPSA) is 38.3 Å². The predicted octanol–water partition coefficient (Wildman–Crippen LogP) is 5.13. The summed E-state index contributed by atoms with van der Waals surface area (Å²) in [5, 5.41) is 3.36. The van der Waals surface area contributed by atoms with Crippen LogP contribution in [0.25, 0.3) is 0 Å². The molecule has 24 heavy (non-hydrogen) atoms. The lowest BCUT2D eigenvalue weighted by molar-refractivity contribution is -0.132. The van der Waals surface area contributed by atoms with Gasteiger partial charge in [0.25, 0.3) is 0 Å². The molecule has 0 atom stereocenters. The fourth-order valence-electron chi connectivity index (χ4n) is 5.02. The van der Waals surface area contributed by atoms with Crippen molar-refractivity contribution in [1.29, 1.82) is 0 Å². The van der Waals surface area contributed by atoms with Crippen LogP contribution in [-0.4, -0.2) is 24.2 Å². The van der Waals surface area contributed by atoms with E-state index >= 15 is 0 Å². The van der Waals surface area contributed by atoms with Gasteiger partial charge in [0, 0.05) is 5.54 Å². The molecule has 0 aromatic carbocycles. The van der Waals surface area contributed by atoms with Crippen LogP contribution in [0.15, 0.2) is 0 Å². The van der Waals surface area contributed by atoms with E-state index < -0.39 is 0 Å². The molecule has 1 amide bonds. The number of ether oxygens (including phenoxy) is 1. The molecule has 0 saturated heterocycles. The standard InChI is InChI=1S/C21H37NO2/c1-20-11-14-21(15-12-20,16-13-20)22-19(23)17-24-18-9-7-5-3-2-4-6-8-10-18/h18H,2-17H2,1H3,(H,22,23). The van der Waals surface area contributed by atoms with Crippen molar-refractivity contribution in [2.75, 3.05) is 6.61 Å². The van der Waals surface area contributed by atoms with E-state index in [2.05, 4.69) is 12.2 Å². The molecule has 0 heterocycles.